The van der Waals surface area contributed by atoms with Gasteiger partial charge < -0.3 is 5.73 Å². The molecule has 3 aromatic rings. The zero-order valence-electron chi connectivity index (χ0n) is 18.1. The Balaban J connectivity index is 2.05. The Labute approximate surface area is 186 Å². The molecule has 0 aliphatic heterocycles. The number of thioether (sulfide) groups is 1. The van der Waals surface area contributed by atoms with Crippen LogP contribution in [0.4, 0.5) is 4.79 Å². The van der Waals surface area contributed by atoms with Gasteiger partial charge in [0.1, 0.15) is 5.82 Å². The van der Waals surface area contributed by atoms with Crippen molar-refractivity contribution in [3.05, 3.63) is 71.0 Å². The molecule has 0 aliphatic rings. The first kappa shape index (κ1) is 22.6. The number of benzene rings is 2. The van der Waals surface area contributed by atoms with E-state index in [9.17, 15) is 9.59 Å². The number of rotatable bonds is 7. The van der Waals surface area contributed by atoms with E-state index in [1.165, 1.54) is 11.8 Å². The van der Waals surface area contributed by atoms with E-state index in [0.717, 1.165) is 28.2 Å². The molecule has 1 atom stereocenters. The molecule has 0 fully saturated rings. The van der Waals surface area contributed by atoms with Crippen molar-refractivity contribution in [2.24, 2.45) is 11.7 Å². The summed E-state index contributed by atoms with van der Waals surface area (Å²) in [5.41, 5.74) is 9.47. The van der Waals surface area contributed by atoms with Crippen LogP contribution in [0.5, 0.6) is 0 Å². The number of carbonyl (C=O) groups excluding carboxylic acids is 2. The summed E-state index contributed by atoms with van der Waals surface area (Å²) in [4.78, 5) is 23.8. The van der Waals surface area contributed by atoms with E-state index in [1.54, 1.807) is 0 Å². The number of aromatic nitrogens is 3. The molecule has 2 aromatic carbocycles. The molecule has 3 rings (SSSR count). The second-order valence-corrected chi connectivity index (χ2v) is 8.93. The van der Waals surface area contributed by atoms with Crippen LogP contribution in [0.3, 0.4) is 0 Å². The van der Waals surface area contributed by atoms with Crippen molar-refractivity contribution in [3.63, 3.8) is 0 Å². The van der Waals surface area contributed by atoms with Gasteiger partial charge in [0.25, 0.3) is 0 Å². The largest absolute Gasteiger partial charge is 0.351 e. The number of carbonyl (C=O) groups is 2. The Morgan fingerprint density at radius 1 is 1.10 bits per heavy atom. The van der Waals surface area contributed by atoms with E-state index in [1.807, 2.05) is 74.7 Å². The Morgan fingerprint density at radius 2 is 1.81 bits per heavy atom. The standard InChI is InChI=1S/C23H27N5O2S/c1-14(2)20(21(29)25-22(24)30)31-23-27-26-19(13-17-8-6-5-7-9-17)28(23)18-11-10-15(3)12-16(18)4/h5-12,14,20H,13H2,1-4H3,(H3,24,25,29,30). The molecule has 0 spiro atoms. The lowest BCUT2D eigenvalue weighted by Gasteiger charge is -2.20. The lowest BCUT2D eigenvalue weighted by molar-refractivity contribution is -0.120. The highest BCUT2D eigenvalue weighted by molar-refractivity contribution is 8.00. The number of hydrogen-bond donors (Lipinski definition) is 2. The molecule has 0 radical (unpaired) electrons. The van der Waals surface area contributed by atoms with Crippen molar-refractivity contribution >= 4 is 23.7 Å². The van der Waals surface area contributed by atoms with E-state index < -0.39 is 17.2 Å². The summed E-state index contributed by atoms with van der Waals surface area (Å²) in [5.74, 6) is 0.289. The quantitative estimate of drug-likeness (QED) is 0.548. The molecule has 7 nitrogen and oxygen atoms in total. The highest BCUT2D eigenvalue weighted by Crippen LogP contribution is 2.31. The molecule has 3 N–H and O–H groups in total. The first-order valence-electron chi connectivity index (χ1n) is 10.1. The van der Waals surface area contributed by atoms with E-state index in [2.05, 4.69) is 21.6 Å². The third-order valence-corrected chi connectivity index (χ3v) is 6.33. The molecule has 1 heterocycles. The van der Waals surface area contributed by atoms with Gasteiger partial charge in [-0.1, -0.05) is 73.6 Å². The summed E-state index contributed by atoms with van der Waals surface area (Å²) in [5, 5.41) is 11.1. The minimum absolute atomic E-state index is 0.0498. The van der Waals surface area contributed by atoms with Crippen LogP contribution >= 0.6 is 11.8 Å². The number of imide groups is 1. The fourth-order valence-corrected chi connectivity index (χ4v) is 4.43. The number of nitrogens with two attached hydrogens (primary N) is 1. The molecule has 3 amide bonds. The second kappa shape index (κ2) is 9.78. The fraction of sp³-hybridized carbons (Fsp3) is 0.304. The minimum Gasteiger partial charge on any atom is -0.351 e. The minimum atomic E-state index is -0.864. The number of amides is 3. The van der Waals surface area contributed by atoms with Crippen LogP contribution in [0.25, 0.3) is 5.69 Å². The third kappa shape index (κ3) is 5.52. The monoisotopic (exact) mass is 437 g/mol. The summed E-state index contributed by atoms with van der Waals surface area (Å²) in [7, 11) is 0. The summed E-state index contributed by atoms with van der Waals surface area (Å²) < 4.78 is 2.00. The van der Waals surface area contributed by atoms with Crippen LogP contribution in [0, 0.1) is 19.8 Å². The SMILES string of the molecule is Cc1ccc(-n2c(Cc3ccccc3)nnc2SC(C(=O)NC(N)=O)C(C)C)c(C)c1. The highest BCUT2D eigenvalue weighted by atomic mass is 32.2. The Bertz CT molecular complexity index is 1080. The zero-order chi connectivity index (χ0) is 22.5. The molecule has 31 heavy (non-hydrogen) atoms. The highest BCUT2D eigenvalue weighted by Gasteiger charge is 2.28. The van der Waals surface area contributed by atoms with E-state index >= 15 is 0 Å². The predicted octanol–water partition coefficient (Wildman–Crippen LogP) is 3.79. The van der Waals surface area contributed by atoms with Crippen molar-refractivity contribution in [2.45, 2.75) is 44.5 Å². The second-order valence-electron chi connectivity index (χ2n) is 7.82. The van der Waals surface area contributed by atoms with Gasteiger partial charge in [0.05, 0.1) is 10.9 Å². The van der Waals surface area contributed by atoms with Gasteiger partial charge in [-0.15, -0.1) is 10.2 Å². The van der Waals surface area contributed by atoms with Crippen LogP contribution in [0.2, 0.25) is 0 Å². The molecule has 162 valence electrons. The number of nitrogens with zero attached hydrogens (tertiary/aromatic N) is 3. The summed E-state index contributed by atoms with van der Waals surface area (Å²) in [6.07, 6.45) is 0.599. The molecule has 0 saturated heterocycles. The fourth-order valence-electron chi connectivity index (χ4n) is 3.37. The normalized spacial score (nSPS) is 12.0. The maximum Gasteiger partial charge on any atom is 0.318 e. The van der Waals surface area contributed by atoms with E-state index in [4.69, 9.17) is 5.73 Å². The smallest absolute Gasteiger partial charge is 0.318 e. The van der Waals surface area contributed by atoms with Gasteiger partial charge in [0.15, 0.2) is 5.16 Å². The molecule has 0 aliphatic carbocycles. The van der Waals surface area contributed by atoms with Crippen molar-refractivity contribution in [3.8, 4) is 5.69 Å². The molecule has 0 bridgehead atoms. The average Bonchev–Trinajstić information content (AvgIpc) is 3.08. The van der Waals surface area contributed by atoms with Crippen LogP contribution in [0.15, 0.2) is 53.7 Å². The average molecular weight is 438 g/mol. The van der Waals surface area contributed by atoms with Gasteiger partial charge >= 0.3 is 6.03 Å². The van der Waals surface area contributed by atoms with Crippen molar-refractivity contribution in [2.75, 3.05) is 0 Å². The lowest BCUT2D eigenvalue weighted by atomic mass is 10.1. The van der Waals surface area contributed by atoms with Crippen LogP contribution in [-0.4, -0.2) is 32.0 Å². The van der Waals surface area contributed by atoms with E-state index in [-0.39, 0.29) is 5.92 Å². The first-order valence-corrected chi connectivity index (χ1v) is 11.0. The third-order valence-electron chi connectivity index (χ3n) is 4.84. The Kier molecular flexibility index (Phi) is 7.12. The summed E-state index contributed by atoms with van der Waals surface area (Å²) in [6, 6.07) is 15.4. The van der Waals surface area contributed by atoms with Gasteiger partial charge in [-0.2, -0.15) is 0 Å². The molecule has 8 heteroatoms. The number of aryl methyl sites for hydroxylation is 2. The molecule has 1 unspecified atom stereocenters. The summed E-state index contributed by atoms with van der Waals surface area (Å²) in [6.45, 7) is 7.93. The van der Waals surface area contributed by atoms with Gasteiger partial charge in [0, 0.05) is 6.42 Å². The zero-order valence-corrected chi connectivity index (χ0v) is 18.9. The van der Waals surface area contributed by atoms with Crippen LogP contribution in [0.1, 0.15) is 36.4 Å². The Hall–Kier alpha value is -3.13. The van der Waals surface area contributed by atoms with Crippen molar-refractivity contribution < 1.29 is 9.59 Å². The maximum absolute atomic E-state index is 12.6. The first-order chi connectivity index (χ1) is 14.8. The molecule has 1 aromatic heterocycles. The Morgan fingerprint density at radius 3 is 2.42 bits per heavy atom. The lowest BCUT2D eigenvalue weighted by Crippen LogP contribution is -2.42. The summed E-state index contributed by atoms with van der Waals surface area (Å²) >= 11 is 1.28. The van der Waals surface area contributed by atoms with Gasteiger partial charge in [-0.3, -0.25) is 14.7 Å². The number of urea groups is 1. The van der Waals surface area contributed by atoms with Crippen molar-refractivity contribution in [1.29, 1.82) is 0 Å². The van der Waals surface area contributed by atoms with Gasteiger partial charge in [0.2, 0.25) is 5.91 Å². The number of primary amides is 1. The van der Waals surface area contributed by atoms with Gasteiger partial charge in [-0.25, -0.2) is 4.79 Å². The molecule has 0 saturated carbocycles. The van der Waals surface area contributed by atoms with E-state index in [0.29, 0.717) is 11.6 Å². The predicted molar refractivity (Wildman–Crippen MR) is 122 cm³/mol. The number of hydrogen-bond acceptors (Lipinski definition) is 5. The van der Waals surface area contributed by atoms with Crippen molar-refractivity contribution in [1.82, 2.24) is 20.1 Å². The van der Waals surface area contributed by atoms with Gasteiger partial charge in [-0.05, 0) is 37.0 Å². The topological polar surface area (TPSA) is 103 Å². The van der Waals surface area contributed by atoms with Crippen LogP contribution < -0.4 is 11.1 Å². The maximum atomic E-state index is 12.6. The molecular weight excluding hydrogens is 410 g/mol. The van der Waals surface area contributed by atoms with Crippen LogP contribution in [-0.2, 0) is 11.2 Å². The molecular formula is C23H27N5O2S. The number of nitrogens with one attached hydrogen (secondary N) is 1.